The Bertz CT molecular complexity index is 730. The fourth-order valence-electron chi connectivity index (χ4n) is 2.46. The summed E-state index contributed by atoms with van der Waals surface area (Å²) in [6, 6.07) is 2.84. The average molecular weight is 341 g/mol. The Morgan fingerprint density at radius 3 is 2.71 bits per heavy atom. The highest BCUT2D eigenvalue weighted by molar-refractivity contribution is 5.75. The molecule has 0 radical (unpaired) electrons. The van der Waals surface area contributed by atoms with Gasteiger partial charge in [-0.15, -0.1) is 0 Å². The zero-order valence-electron chi connectivity index (χ0n) is 13.2. The predicted molar refractivity (Wildman–Crippen MR) is 79.0 cm³/mol. The molecule has 1 saturated carbocycles. The summed E-state index contributed by atoms with van der Waals surface area (Å²) < 4.78 is 41.4. The third-order valence-electron chi connectivity index (χ3n) is 3.88. The number of alkyl halides is 3. The van der Waals surface area contributed by atoms with Crippen LogP contribution in [0.15, 0.2) is 18.3 Å². The molecule has 9 heteroatoms. The first-order valence-electron chi connectivity index (χ1n) is 7.80. The molecule has 2 aromatic rings. The van der Waals surface area contributed by atoms with Crippen molar-refractivity contribution >= 4 is 5.91 Å². The van der Waals surface area contributed by atoms with Gasteiger partial charge >= 0.3 is 6.18 Å². The van der Waals surface area contributed by atoms with Gasteiger partial charge in [0.25, 0.3) is 0 Å². The second kappa shape index (κ2) is 6.29. The molecule has 3 rings (SSSR count). The van der Waals surface area contributed by atoms with Crippen molar-refractivity contribution in [3.8, 4) is 0 Å². The SMILES string of the molecule is CCn1ccc(CNC(=O)Cn2nc(C(F)(F)F)cc2C2CC2)n1. The van der Waals surface area contributed by atoms with Crippen molar-refractivity contribution in [2.24, 2.45) is 0 Å². The first-order valence-corrected chi connectivity index (χ1v) is 7.80. The van der Waals surface area contributed by atoms with Crippen molar-refractivity contribution in [3.05, 3.63) is 35.4 Å². The number of nitrogens with zero attached hydrogens (tertiary/aromatic N) is 4. The maximum atomic E-state index is 12.8. The minimum absolute atomic E-state index is 0.0710. The molecule has 0 atom stereocenters. The maximum Gasteiger partial charge on any atom is 0.435 e. The molecule has 130 valence electrons. The molecule has 6 nitrogen and oxygen atoms in total. The lowest BCUT2D eigenvalue weighted by molar-refractivity contribution is -0.141. The van der Waals surface area contributed by atoms with E-state index in [9.17, 15) is 18.0 Å². The highest BCUT2D eigenvalue weighted by atomic mass is 19.4. The van der Waals surface area contributed by atoms with Crippen LogP contribution in [0.5, 0.6) is 0 Å². The summed E-state index contributed by atoms with van der Waals surface area (Å²) in [7, 11) is 0. The van der Waals surface area contributed by atoms with Crippen LogP contribution in [0.2, 0.25) is 0 Å². The van der Waals surface area contributed by atoms with E-state index in [2.05, 4.69) is 15.5 Å². The van der Waals surface area contributed by atoms with Gasteiger partial charge in [0.1, 0.15) is 6.54 Å². The molecule has 2 heterocycles. The van der Waals surface area contributed by atoms with E-state index in [1.807, 2.05) is 6.92 Å². The van der Waals surface area contributed by atoms with E-state index < -0.39 is 11.9 Å². The van der Waals surface area contributed by atoms with Crippen molar-refractivity contribution in [2.75, 3.05) is 0 Å². The van der Waals surface area contributed by atoms with Crippen molar-refractivity contribution in [1.29, 1.82) is 0 Å². The Labute approximate surface area is 136 Å². The number of hydrogen-bond acceptors (Lipinski definition) is 3. The van der Waals surface area contributed by atoms with Gasteiger partial charge in [-0.3, -0.25) is 14.2 Å². The minimum atomic E-state index is -4.50. The largest absolute Gasteiger partial charge is 0.435 e. The Hall–Kier alpha value is -2.32. The first-order chi connectivity index (χ1) is 11.4. The highest BCUT2D eigenvalue weighted by Gasteiger charge is 2.38. The van der Waals surface area contributed by atoms with Crippen molar-refractivity contribution in [1.82, 2.24) is 24.9 Å². The molecule has 1 aliphatic rings. The van der Waals surface area contributed by atoms with Gasteiger partial charge in [-0.25, -0.2) is 0 Å². The van der Waals surface area contributed by atoms with Gasteiger partial charge in [-0.2, -0.15) is 23.4 Å². The standard InChI is InChI=1S/C15H18F3N5O/c1-2-22-6-5-11(20-22)8-19-14(24)9-23-12(10-3-4-10)7-13(21-23)15(16,17)18/h5-7,10H,2-4,8-9H2,1H3,(H,19,24). The average Bonchev–Trinajstić information content (AvgIpc) is 3.10. The van der Waals surface area contributed by atoms with E-state index in [0.29, 0.717) is 11.4 Å². The van der Waals surface area contributed by atoms with E-state index >= 15 is 0 Å². The van der Waals surface area contributed by atoms with E-state index in [1.165, 1.54) is 4.68 Å². The lowest BCUT2D eigenvalue weighted by Gasteiger charge is -2.07. The first kappa shape index (κ1) is 16.5. The molecule has 0 aliphatic heterocycles. The molecular formula is C15H18F3N5O. The monoisotopic (exact) mass is 341 g/mol. The van der Waals surface area contributed by atoms with Gasteiger partial charge in [-0.1, -0.05) is 0 Å². The topological polar surface area (TPSA) is 64.7 Å². The number of amides is 1. The fraction of sp³-hybridized carbons (Fsp3) is 0.533. The predicted octanol–water partition coefficient (Wildman–Crippen LogP) is 2.31. The number of halogens is 3. The van der Waals surface area contributed by atoms with Crippen molar-refractivity contribution in [2.45, 2.75) is 51.5 Å². The third kappa shape index (κ3) is 3.77. The molecule has 1 aliphatic carbocycles. The van der Waals surface area contributed by atoms with Crippen LogP contribution in [0.1, 0.15) is 42.8 Å². The van der Waals surface area contributed by atoms with Crippen LogP contribution in [0, 0.1) is 0 Å². The summed E-state index contributed by atoms with van der Waals surface area (Å²) >= 11 is 0. The normalized spacial score (nSPS) is 14.8. The van der Waals surface area contributed by atoms with Gasteiger partial charge < -0.3 is 5.32 Å². The van der Waals surface area contributed by atoms with Crippen LogP contribution in [-0.2, 0) is 30.6 Å². The van der Waals surface area contributed by atoms with Crippen LogP contribution in [0.3, 0.4) is 0 Å². The molecule has 2 aromatic heterocycles. The van der Waals surface area contributed by atoms with Crippen LogP contribution in [0.4, 0.5) is 13.2 Å². The number of rotatable bonds is 6. The van der Waals surface area contributed by atoms with Crippen LogP contribution < -0.4 is 5.32 Å². The number of aromatic nitrogens is 4. The fourth-order valence-corrected chi connectivity index (χ4v) is 2.46. The quantitative estimate of drug-likeness (QED) is 0.877. The molecule has 24 heavy (non-hydrogen) atoms. The van der Waals surface area contributed by atoms with E-state index in [1.54, 1.807) is 16.9 Å². The second-order valence-electron chi connectivity index (χ2n) is 5.82. The van der Waals surface area contributed by atoms with Crippen molar-refractivity contribution in [3.63, 3.8) is 0 Å². The maximum absolute atomic E-state index is 12.8. The third-order valence-corrected chi connectivity index (χ3v) is 3.88. The second-order valence-corrected chi connectivity index (χ2v) is 5.82. The smallest absolute Gasteiger partial charge is 0.349 e. The van der Waals surface area contributed by atoms with E-state index in [0.717, 1.165) is 25.5 Å². The van der Waals surface area contributed by atoms with Gasteiger partial charge in [0.05, 0.1) is 12.2 Å². The summed E-state index contributed by atoms with van der Waals surface area (Å²) in [6.07, 6.45) is -1.04. The Kier molecular flexibility index (Phi) is 4.33. The molecule has 0 bridgehead atoms. The van der Waals surface area contributed by atoms with Gasteiger partial charge in [0.2, 0.25) is 5.91 Å². The molecule has 0 unspecified atom stereocenters. The molecule has 0 aromatic carbocycles. The Morgan fingerprint density at radius 2 is 2.12 bits per heavy atom. The molecule has 1 fully saturated rings. The summed E-state index contributed by atoms with van der Waals surface area (Å²) in [5.74, 6) is -0.318. The highest BCUT2D eigenvalue weighted by Crippen LogP contribution is 2.42. The summed E-state index contributed by atoms with van der Waals surface area (Å²) in [4.78, 5) is 12.0. The number of aryl methyl sites for hydroxylation is 1. The lowest BCUT2D eigenvalue weighted by Crippen LogP contribution is -2.28. The van der Waals surface area contributed by atoms with Crippen LogP contribution in [0.25, 0.3) is 0 Å². The zero-order chi connectivity index (χ0) is 17.3. The number of carbonyl (C=O) groups excluding carboxylic acids is 1. The molecular weight excluding hydrogens is 323 g/mol. The molecule has 1 amide bonds. The molecule has 0 spiro atoms. The number of carbonyl (C=O) groups is 1. The molecule has 0 saturated heterocycles. The number of hydrogen-bond donors (Lipinski definition) is 1. The van der Waals surface area contributed by atoms with Crippen LogP contribution >= 0.6 is 0 Å². The minimum Gasteiger partial charge on any atom is -0.349 e. The van der Waals surface area contributed by atoms with E-state index in [4.69, 9.17) is 0 Å². The number of nitrogens with one attached hydrogen (secondary N) is 1. The Morgan fingerprint density at radius 1 is 1.38 bits per heavy atom. The summed E-state index contributed by atoms with van der Waals surface area (Å²) in [5, 5.41) is 10.5. The summed E-state index contributed by atoms with van der Waals surface area (Å²) in [5.41, 5.74) is 0.232. The van der Waals surface area contributed by atoms with Gasteiger partial charge in [0.15, 0.2) is 5.69 Å². The molecule has 1 N–H and O–H groups in total. The van der Waals surface area contributed by atoms with Gasteiger partial charge in [0, 0.05) is 24.4 Å². The lowest BCUT2D eigenvalue weighted by atomic mass is 10.2. The van der Waals surface area contributed by atoms with Crippen LogP contribution in [-0.4, -0.2) is 25.5 Å². The van der Waals surface area contributed by atoms with Crippen molar-refractivity contribution < 1.29 is 18.0 Å². The van der Waals surface area contributed by atoms with Gasteiger partial charge in [-0.05, 0) is 31.9 Å². The zero-order valence-corrected chi connectivity index (χ0v) is 13.2. The summed E-state index contributed by atoms with van der Waals surface area (Å²) in [6.45, 7) is 2.69. The van der Waals surface area contributed by atoms with E-state index in [-0.39, 0.29) is 24.9 Å². The Balaban J connectivity index is 1.64.